The molecule has 1 aliphatic rings. The van der Waals surface area contributed by atoms with Crippen molar-refractivity contribution in [1.29, 1.82) is 0 Å². The highest BCUT2D eigenvalue weighted by Crippen LogP contribution is 2.43. The Hall–Kier alpha value is -1.11. The quantitative estimate of drug-likeness (QED) is 0.237. The molecule has 2 aromatic rings. The van der Waals surface area contributed by atoms with Crippen molar-refractivity contribution >= 4 is 40.8 Å². The zero-order chi connectivity index (χ0) is 21.2. The molecule has 0 unspecified atom stereocenters. The van der Waals surface area contributed by atoms with Crippen molar-refractivity contribution in [2.45, 2.75) is 72.0 Å². The Bertz CT molecular complexity index is 868. The molecule has 0 saturated carbocycles. The van der Waals surface area contributed by atoms with Gasteiger partial charge in [-0.2, -0.15) is 0 Å². The van der Waals surface area contributed by atoms with Gasteiger partial charge in [0.2, 0.25) is 0 Å². The fourth-order valence-corrected chi connectivity index (χ4v) is 4.42. The van der Waals surface area contributed by atoms with E-state index in [1.54, 1.807) is 0 Å². The maximum Gasteiger partial charge on any atom is 0.495 e. The van der Waals surface area contributed by atoms with Gasteiger partial charge in [0.1, 0.15) is 0 Å². The maximum absolute atomic E-state index is 6.48. The summed E-state index contributed by atoms with van der Waals surface area (Å²) in [7, 11) is -0.391. The lowest BCUT2D eigenvalue weighted by Gasteiger charge is -2.32. The second-order valence-corrected chi connectivity index (χ2v) is 10.1. The monoisotopic (exact) mass is 502 g/mol. The highest BCUT2D eigenvalue weighted by Gasteiger charge is 2.53. The van der Waals surface area contributed by atoms with Gasteiger partial charge in [-0.3, -0.25) is 0 Å². The number of hydrogen-bond donors (Lipinski definition) is 0. The molecule has 1 saturated heterocycles. The lowest BCUT2D eigenvalue weighted by molar-refractivity contribution is 0.00578. The van der Waals surface area contributed by atoms with E-state index in [9.17, 15) is 0 Å². The fraction of sp³-hybridized carbons (Fsp3) is 0.440. The summed E-state index contributed by atoms with van der Waals surface area (Å²) >= 11 is 2.41. The molecule has 0 spiro atoms. The first-order chi connectivity index (χ1) is 13.7. The molecule has 0 radical (unpaired) electrons. The summed E-state index contributed by atoms with van der Waals surface area (Å²) in [5.41, 5.74) is 5.37. The van der Waals surface area contributed by atoms with Gasteiger partial charge in [0.25, 0.3) is 0 Å². The van der Waals surface area contributed by atoms with Crippen molar-refractivity contribution in [2.75, 3.05) is 0 Å². The third-order valence-corrected chi connectivity index (χ3v) is 7.20. The van der Waals surface area contributed by atoms with Crippen LogP contribution in [0, 0.1) is 3.57 Å². The summed E-state index contributed by atoms with van der Waals surface area (Å²) in [4.78, 5) is 0. The molecule has 4 heteroatoms. The van der Waals surface area contributed by atoms with Crippen LogP contribution in [0.1, 0.15) is 71.1 Å². The number of allylic oxidation sites excluding steroid dienone is 1. The number of benzene rings is 2. The van der Waals surface area contributed by atoms with Crippen molar-refractivity contribution in [2.24, 2.45) is 0 Å². The summed E-state index contributed by atoms with van der Waals surface area (Å²) in [6.07, 6.45) is 3.56. The molecule has 1 fully saturated rings. The van der Waals surface area contributed by atoms with Crippen LogP contribution in [0.2, 0.25) is 0 Å². The molecule has 2 aromatic carbocycles. The van der Waals surface area contributed by atoms with E-state index >= 15 is 0 Å². The highest BCUT2D eigenvalue weighted by atomic mass is 127. The van der Waals surface area contributed by atoms with Gasteiger partial charge in [0.15, 0.2) is 0 Å². The Morgan fingerprint density at radius 3 is 2.07 bits per heavy atom. The molecule has 1 heterocycles. The molecule has 0 bridgehead atoms. The van der Waals surface area contributed by atoms with Crippen LogP contribution < -0.4 is 0 Å². The lowest BCUT2D eigenvalue weighted by Crippen LogP contribution is -2.41. The van der Waals surface area contributed by atoms with Gasteiger partial charge >= 0.3 is 7.12 Å². The Labute approximate surface area is 190 Å². The van der Waals surface area contributed by atoms with E-state index in [1.807, 2.05) is 0 Å². The van der Waals surface area contributed by atoms with Crippen LogP contribution in [0.5, 0.6) is 0 Å². The minimum atomic E-state index is -0.391. The number of rotatable bonds is 6. The van der Waals surface area contributed by atoms with Gasteiger partial charge in [-0.25, -0.2) is 0 Å². The van der Waals surface area contributed by atoms with Crippen LogP contribution in [0.15, 0.2) is 48.5 Å². The fourth-order valence-electron chi connectivity index (χ4n) is 3.63. The predicted molar refractivity (Wildman–Crippen MR) is 133 cm³/mol. The lowest BCUT2D eigenvalue weighted by atomic mass is 9.70. The minimum Gasteiger partial charge on any atom is -0.399 e. The van der Waals surface area contributed by atoms with E-state index in [4.69, 9.17) is 9.31 Å². The first-order valence-electron chi connectivity index (χ1n) is 10.6. The molecule has 0 amide bonds. The van der Waals surface area contributed by atoms with Crippen LogP contribution in [0.4, 0.5) is 0 Å². The third kappa shape index (κ3) is 4.81. The first kappa shape index (κ1) is 22.6. The molecular weight excluding hydrogens is 470 g/mol. The molecule has 0 aromatic heterocycles. The molecule has 0 N–H and O–H groups in total. The minimum absolute atomic E-state index is 0.367. The zero-order valence-electron chi connectivity index (χ0n) is 18.5. The molecule has 154 valence electrons. The number of unbranched alkanes of at least 4 members (excludes halogenated alkanes) is 1. The van der Waals surface area contributed by atoms with Crippen molar-refractivity contribution in [3.8, 4) is 0 Å². The van der Waals surface area contributed by atoms with Crippen molar-refractivity contribution in [1.82, 2.24) is 0 Å². The van der Waals surface area contributed by atoms with E-state index in [0.29, 0.717) is 0 Å². The summed E-state index contributed by atoms with van der Waals surface area (Å²) in [5, 5.41) is 0. The summed E-state index contributed by atoms with van der Waals surface area (Å²) in [6, 6.07) is 17.5. The molecule has 29 heavy (non-hydrogen) atoms. The Kier molecular flexibility index (Phi) is 6.97. The molecule has 2 nitrogen and oxygen atoms in total. The smallest absolute Gasteiger partial charge is 0.399 e. The average Bonchev–Trinajstić information content (AvgIpc) is 2.88. The van der Waals surface area contributed by atoms with Crippen LogP contribution >= 0.6 is 22.6 Å². The van der Waals surface area contributed by atoms with E-state index in [2.05, 4.69) is 113 Å². The molecular formula is C25H32BIO2. The van der Waals surface area contributed by atoms with Gasteiger partial charge in [0, 0.05) is 3.57 Å². The first-order valence-corrected chi connectivity index (χ1v) is 11.6. The second kappa shape index (κ2) is 8.95. The Morgan fingerprint density at radius 1 is 0.931 bits per heavy atom. The number of halogens is 1. The van der Waals surface area contributed by atoms with E-state index < -0.39 is 7.12 Å². The Morgan fingerprint density at radius 2 is 1.52 bits per heavy atom. The van der Waals surface area contributed by atoms with Crippen molar-refractivity contribution in [3.63, 3.8) is 0 Å². The Balaban J connectivity index is 2.08. The molecule has 0 aliphatic carbocycles. The van der Waals surface area contributed by atoms with Gasteiger partial charge in [-0.1, -0.05) is 55.8 Å². The standard InChI is InChI=1S/C25H32BIO2/c1-7-8-11-19-14-16-20(17-15-19)23(18(2)21-12-9-10-13-22(21)27)26-28-24(3,4)25(5,6)29-26/h9-10,12-17H,7-8,11H2,1-6H3/b23-18-. The summed E-state index contributed by atoms with van der Waals surface area (Å²) in [5.74, 6) is 0. The van der Waals surface area contributed by atoms with E-state index in [0.717, 1.165) is 11.9 Å². The van der Waals surface area contributed by atoms with Gasteiger partial charge in [0.05, 0.1) is 11.2 Å². The van der Waals surface area contributed by atoms with Gasteiger partial charge in [-0.05, 0) is 104 Å². The number of hydrogen-bond acceptors (Lipinski definition) is 2. The van der Waals surface area contributed by atoms with Crippen molar-refractivity contribution < 1.29 is 9.31 Å². The summed E-state index contributed by atoms with van der Waals surface area (Å²) < 4.78 is 14.2. The third-order valence-electron chi connectivity index (χ3n) is 6.25. The largest absolute Gasteiger partial charge is 0.495 e. The topological polar surface area (TPSA) is 18.5 Å². The maximum atomic E-state index is 6.48. The van der Waals surface area contributed by atoms with Crippen LogP contribution in [-0.2, 0) is 15.7 Å². The summed E-state index contributed by atoms with van der Waals surface area (Å²) in [6.45, 7) is 12.9. The molecule has 3 rings (SSSR count). The van der Waals surface area contributed by atoms with Gasteiger partial charge < -0.3 is 9.31 Å². The number of aryl methyl sites for hydroxylation is 1. The highest BCUT2D eigenvalue weighted by molar-refractivity contribution is 14.1. The van der Waals surface area contributed by atoms with Crippen molar-refractivity contribution in [3.05, 3.63) is 68.8 Å². The van der Waals surface area contributed by atoms with E-state index in [1.165, 1.54) is 38.7 Å². The van der Waals surface area contributed by atoms with Gasteiger partial charge in [-0.15, -0.1) is 0 Å². The zero-order valence-corrected chi connectivity index (χ0v) is 20.7. The second-order valence-electron chi connectivity index (χ2n) is 8.91. The van der Waals surface area contributed by atoms with Crippen LogP contribution in [-0.4, -0.2) is 18.3 Å². The molecule has 1 aliphatic heterocycles. The SMILES string of the molecule is CCCCc1ccc(/C(B2OC(C)(C)C(C)(C)O2)=C(\C)c2ccccc2I)cc1. The van der Waals surface area contributed by atoms with E-state index in [-0.39, 0.29) is 11.2 Å². The van der Waals surface area contributed by atoms with Crippen LogP contribution in [0.3, 0.4) is 0 Å². The predicted octanol–water partition coefficient (Wildman–Crippen LogP) is 7.20. The average molecular weight is 502 g/mol. The molecule has 0 atom stereocenters. The normalized spacial score (nSPS) is 18.7. The van der Waals surface area contributed by atoms with Crippen LogP contribution in [0.25, 0.3) is 11.0 Å².